The van der Waals surface area contributed by atoms with Crippen molar-refractivity contribution >= 4 is 49.1 Å². The number of nitrogens with two attached hydrogens (primary N) is 1. The number of hydrogen-bond donors (Lipinski definition) is 7. The van der Waals surface area contributed by atoms with E-state index in [1.807, 2.05) is 13.8 Å². The normalized spacial score (nSPS) is 11.7. The zero-order valence-electron chi connectivity index (χ0n) is 37.8. The first-order valence-electron chi connectivity index (χ1n) is 22.8. The van der Waals surface area contributed by atoms with E-state index in [1.165, 1.54) is 44.9 Å². The molecule has 0 aromatic rings. The van der Waals surface area contributed by atoms with E-state index >= 15 is 0 Å². The third kappa shape index (κ3) is 44.4. The molecule has 0 bridgehead atoms. The first-order valence-corrected chi connectivity index (χ1v) is 22.8. The Bertz CT molecular complexity index is 1180. The molecule has 0 spiro atoms. The predicted octanol–water partition coefficient (Wildman–Crippen LogP) is 3.30. The Kier molecular flexibility index (Phi) is 44.2. The van der Waals surface area contributed by atoms with Crippen molar-refractivity contribution < 1.29 is 62.7 Å². The zero-order chi connectivity index (χ0) is 46.5. The van der Waals surface area contributed by atoms with Crippen molar-refractivity contribution in [2.24, 2.45) is 5.73 Å². The molecule has 2 atom stereocenters. The maximum atomic E-state index is 12.3. The van der Waals surface area contributed by atoms with Crippen LogP contribution in [0.4, 0.5) is 0 Å². The second kappa shape index (κ2) is 45.4. The van der Waals surface area contributed by atoms with Gasteiger partial charge in [0.2, 0.25) is 23.6 Å². The zero-order valence-corrected chi connectivity index (χ0v) is 37.8. The van der Waals surface area contributed by atoms with Crippen LogP contribution in [0.5, 0.6) is 0 Å². The Hall–Kier alpha value is -3.65. The van der Waals surface area contributed by atoms with Gasteiger partial charge in [0.05, 0.1) is 51.4 Å². The van der Waals surface area contributed by atoms with Gasteiger partial charge in [0, 0.05) is 38.9 Å². The summed E-state index contributed by atoms with van der Waals surface area (Å²) in [5.74, 6) is -3.18. The lowest BCUT2D eigenvalue weighted by Crippen LogP contribution is -2.41. The van der Waals surface area contributed by atoms with Crippen LogP contribution in [0.1, 0.15) is 149 Å². The summed E-state index contributed by atoms with van der Waals surface area (Å²) in [6.45, 7) is 5.90. The molecular formula is C43H80BN5O13. The second-order valence-corrected chi connectivity index (χ2v) is 14.7. The van der Waals surface area contributed by atoms with Crippen molar-refractivity contribution in [3.8, 4) is 0 Å². The summed E-state index contributed by atoms with van der Waals surface area (Å²) in [6.07, 6.45) is 17.3. The smallest absolute Gasteiger partial charge is 0.326 e. The maximum absolute atomic E-state index is 12.3. The van der Waals surface area contributed by atoms with Crippen molar-refractivity contribution in [3.63, 3.8) is 0 Å². The highest BCUT2D eigenvalue weighted by atomic mass is 16.5. The molecule has 0 rings (SSSR count). The number of aliphatic carboxylic acids is 2. The number of unbranched alkanes of at least 4 members (excludes halogenated alkanes) is 14. The molecule has 1 unspecified atom stereocenters. The molecule has 18 nitrogen and oxygen atoms in total. The summed E-state index contributed by atoms with van der Waals surface area (Å²) >= 11 is 0. The molecule has 0 aliphatic heterocycles. The van der Waals surface area contributed by atoms with E-state index < -0.39 is 29.7 Å². The van der Waals surface area contributed by atoms with Gasteiger partial charge in [-0.2, -0.15) is 0 Å². The highest BCUT2D eigenvalue weighted by Gasteiger charge is 2.21. The lowest BCUT2D eigenvalue weighted by molar-refractivity contribution is -0.142. The van der Waals surface area contributed by atoms with Gasteiger partial charge in [0.1, 0.15) is 19.3 Å². The van der Waals surface area contributed by atoms with Crippen LogP contribution in [0.3, 0.4) is 0 Å². The van der Waals surface area contributed by atoms with Crippen LogP contribution in [-0.2, 0) is 52.5 Å². The van der Waals surface area contributed by atoms with Crippen molar-refractivity contribution in [3.05, 3.63) is 0 Å². The van der Waals surface area contributed by atoms with E-state index in [4.69, 9.17) is 37.6 Å². The molecule has 0 aliphatic carbocycles. The van der Waals surface area contributed by atoms with Crippen molar-refractivity contribution in [1.29, 1.82) is 0 Å². The molecule has 0 aromatic heterocycles. The summed E-state index contributed by atoms with van der Waals surface area (Å²) in [4.78, 5) is 81.2. The minimum atomic E-state index is -1.19. The monoisotopic (exact) mass is 886 g/mol. The number of nitrogens with one attached hydrogen (secondary N) is 4. The summed E-state index contributed by atoms with van der Waals surface area (Å²) < 4.78 is 21.3. The quantitative estimate of drug-likeness (QED) is 0.0342. The van der Waals surface area contributed by atoms with Crippen molar-refractivity contribution in [1.82, 2.24) is 21.3 Å². The number of carbonyl (C=O) groups excluding carboxylic acids is 5. The molecule has 4 amide bonds. The molecule has 0 saturated carbocycles. The second-order valence-electron chi connectivity index (χ2n) is 14.7. The first-order chi connectivity index (χ1) is 29.9. The van der Waals surface area contributed by atoms with E-state index in [0.29, 0.717) is 32.2 Å². The van der Waals surface area contributed by atoms with Gasteiger partial charge in [-0.05, 0) is 38.5 Å². The fraction of sp³-hybridized carbons (Fsp3) is 0.837. The number of carboxylic acid groups (broad SMARTS) is 2. The molecule has 358 valence electrons. The van der Waals surface area contributed by atoms with Crippen LogP contribution in [0.2, 0.25) is 0 Å². The SMILES string of the molecule is CC.[B]C(=O)C(N)CCCCNC(=O)COCCOCCNC(=O)COCCOCCNC(=O)CC[C@@H](NC(=O)CCCCCCCCCCCCCCCCC(=O)O)C(=O)O. The van der Waals surface area contributed by atoms with E-state index in [2.05, 4.69) is 21.3 Å². The van der Waals surface area contributed by atoms with Gasteiger partial charge >= 0.3 is 11.9 Å². The molecule has 0 aliphatic rings. The van der Waals surface area contributed by atoms with E-state index in [1.54, 1.807) is 0 Å². The number of ether oxygens (including phenoxy) is 4. The van der Waals surface area contributed by atoms with Crippen LogP contribution in [-0.4, -0.2) is 144 Å². The Morgan fingerprint density at radius 3 is 1.35 bits per heavy atom. The van der Waals surface area contributed by atoms with Gasteiger partial charge < -0.3 is 61.0 Å². The van der Waals surface area contributed by atoms with E-state index in [9.17, 15) is 38.7 Å². The van der Waals surface area contributed by atoms with Crippen molar-refractivity contribution in [2.45, 2.75) is 161 Å². The molecular weight excluding hydrogens is 805 g/mol. The molecule has 2 radical (unpaired) electrons. The average Bonchev–Trinajstić information content (AvgIpc) is 3.24. The number of rotatable bonds is 44. The summed E-state index contributed by atoms with van der Waals surface area (Å²) in [7, 11) is 5.10. The van der Waals surface area contributed by atoms with Gasteiger partial charge in [-0.1, -0.05) is 90.9 Å². The summed E-state index contributed by atoms with van der Waals surface area (Å²) in [5.41, 5.74) is 5.00. The van der Waals surface area contributed by atoms with E-state index in [0.717, 1.165) is 38.5 Å². The number of hydrogen-bond acceptors (Lipinski definition) is 12. The number of carboxylic acids is 2. The summed E-state index contributed by atoms with van der Waals surface area (Å²) in [6, 6.07) is -1.82. The predicted molar refractivity (Wildman–Crippen MR) is 237 cm³/mol. The molecule has 0 saturated heterocycles. The van der Waals surface area contributed by atoms with Crippen LogP contribution in [0.25, 0.3) is 0 Å². The number of carbonyl (C=O) groups is 7. The lowest BCUT2D eigenvalue weighted by Gasteiger charge is -2.14. The van der Waals surface area contributed by atoms with Gasteiger partial charge in [0.15, 0.2) is 7.85 Å². The fourth-order valence-electron chi connectivity index (χ4n) is 5.83. The largest absolute Gasteiger partial charge is 0.481 e. The van der Waals surface area contributed by atoms with Crippen LogP contribution in [0, 0.1) is 0 Å². The number of amides is 4. The molecule has 0 aromatic carbocycles. The third-order valence-corrected chi connectivity index (χ3v) is 9.31. The van der Waals surface area contributed by atoms with Gasteiger partial charge in [-0.3, -0.25) is 24.0 Å². The van der Waals surface area contributed by atoms with E-state index in [-0.39, 0.29) is 115 Å². The third-order valence-electron chi connectivity index (χ3n) is 9.31. The first kappa shape index (κ1) is 60.4. The van der Waals surface area contributed by atoms with Crippen LogP contribution in [0.15, 0.2) is 0 Å². The minimum absolute atomic E-state index is 0.0295. The maximum Gasteiger partial charge on any atom is 0.326 e. The van der Waals surface area contributed by atoms with Crippen LogP contribution >= 0.6 is 0 Å². The van der Waals surface area contributed by atoms with Crippen LogP contribution < -0.4 is 27.0 Å². The minimum Gasteiger partial charge on any atom is -0.481 e. The van der Waals surface area contributed by atoms with Gasteiger partial charge in [-0.25, -0.2) is 4.79 Å². The molecule has 19 heteroatoms. The highest BCUT2D eigenvalue weighted by molar-refractivity contribution is 6.59. The standard InChI is InChI=1S/C41H74BN5O13.C2H6/c42-40(54)33(43)17-15-16-22-44-37(50)31-59-29-28-58-26-24-46-38(51)32-60-30-27-57-25-23-45-35(48)21-20-34(41(55)56)47-36(49)18-13-11-9-7-5-3-1-2-4-6-8-10-12-14-19-39(52)53;1-2/h33-34H,1-32,43H2,(H,44,50)(H,45,48)(H,46,51)(H,47,49)(H,52,53)(H,55,56);1-2H3/t33?,34-;/m1./s1. The highest BCUT2D eigenvalue weighted by Crippen LogP contribution is 2.14. The molecule has 62 heavy (non-hydrogen) atoms. The van der Waals surface area contributed by atoms with Gasteiger partial charge in [0.25, 0.3) is 0 Å². The van der Waals surface area contributed by atoms with Gasteiger partial charge in [-0.15, -0.1) is 0 Å². The van der Waals surface area contributed by atoms with Crippen molar-refractivity contribution in [2.75, 3.05) is 72.5 Å². The molecule has 0 fully saturated rings. The topological polar surface area (TPSA) is 271 Å². The Labute approximate surface area is 371 Å². The lowest BCUT2D eigenvalue weighted by atomic mass is 9.92. The Morgan fingerprint density at radius 2 is 0.903 bits per heavy atom. The Balaban J connectivity index is 0. The fourth-order valence-corrected chi connectivity index (χ4v) is 5.83. The molecule has 8 N–H and O–H groups in total. The summed E-state index contributed by atoms with van der Waals surface area (Å²) in [5, 5.41) is 28.7. The average molecular weight is 886 g/mol. The Morgan fingerprint density at radius 1 is 0.484 bits per heavy atom. The molecule has 0 heterocycles.